The van der Waals surface area contributed by atoms with Gasteiger partial charge < -0.3 is 15.2 Å². The molecular weight excluding hydrogens is 325 g/mol. The van der Waals surface area contributed by atoms with Gasteiger partial charge in [0.2, 0.25) is 5.91 Å². The van der Waals surface area contributed by atoms with Gasteiger partial charge in [0.05, 0.1) is 6.10 Å². The number of aliphatic carboxylic acids is 1. The molecule has 0 saturated heterocycles. The van der Waals surface area contributed by atoms with Gasteiger partial charge in [-0.1, -0.05) is 38.1 Å². The molecule has 1 saturated carbocycles. The number of nitrogens with one attached hydrogen (secondary N) is 1. The maximum Gasteiger partial charge on any atom is 0.330 e. The number of carbonyl (C=O) groups is 2. The smallest absolute Gasteiger partial charge is 0.330 e. The lowest BCUT2D eigenvalue weighted by Gasteiger charge is -2.58. The molecule has 136 valence electrons. The van der Waals surface area contributed by atoms with E-state index in [1.165, 1.54) is 12.1 Å². The molecule has 2 N–H and O–H groups in total. The van der Waals surface area contributed by atoms with E-state index in [4.69, 9.17) is 4.74 Å². The lowest BCUT2D eigenvalue weighted by atomic mass is 9.54. The first-order valence-corrected chi connectivity index (χ1v) is 8.31. The van der Waals surface area contributed by atoms with Crippen molar-refractivity contribution in [3.8, 4) is 0 Å². The number of hydrogen-bond acceptors (Lipinski definition) is 3. The van der Waals surface area contributed by atoms with Crippen LogP contribution in [-0.4, -0.2) is 35.2 Å². The fraction of sp³-hybridized carbons (Fsp3) is 0.474. The van der Waals surface area contributed by atoms with E-state index in [2.05, 4.69) is 5.32 Å². The largest absolute Gasteiger partial charge is 0.479 e. The van der Waals surface area contributed by atoms with Gasteiger partial charge in [-0.3, -0.25) is 4.79 Å². The molecule has 1 aromatic carbocycles. The van der Waals surface area contributed by atoms with Crippen molar-refractivity contribution in [1.29, 1.82) is 0 Å². The van der Waals surface area contributed by atoms with Crippen LogP contribution >= 0.6 is 0 Å². The zero-order chi connectivity index (χ0) is 18.7. The van der Waals surface area contributed by atoms with E-state index in [9.17, 15) is 19.1 Å². The van der Waals surface area contributed by atoms with Crippen molar-refractivity contribution in [2.75, 3.05) is 6.61 Å². The Morgan fingerprint density at radius 3 is 2.52 bits per heavy atom. The second-order valence-electron chi connectivity index (χ2n) is 6.79. The number of carboxylic acid groups (broad SMARTS) is 1. The van der Waals surface area contributed by atoms with E-state index in [-0.39, 0.29) is 30.7 Å². The van der Waals surface area contributed by atoms with Crippen LogP contribution < -0.4 is 5.32 Å². The maximum absolute atomic E-state index is 12.8. The first-order valence-electron chi connectivity index (χ1n) is 8.31. The molecule has 1 fully saturated rings. The average Bonchev–Trinajstić information content (AvgIpc) is 2.55. The first-order chi connectivity index (χ1) is 11.7. The number of carbonyl (C=O) groups excluding carboxylic acids is 1. The molecule has 2 unspecified atom stereocenters. The normalized spacial score (nSPS) is 24.7. The summed E-state index contributed by atoms with van der Waals surface area (Å²) in [5.41, 5.74) is -1.26. The monoisotopic (exact) mass is 349 g/mol. The number of benzene rings is 1. The van der Waals surface area contributed by atoms with Crippen LogP contribution in [0, 0.1) is 11.2 Å². The molecule has 0 radical (unpaired) electrons. The van der Waals surface area contributed by atoms with Gasteiger partial charge in [-0.2, -0.15) is 0 Å². The van der Waals surface area contributed by atoms with Gasteiger partial charge in [0.1, 0.15) is 11.4 Å². The predicted octanol–water partition coefficient (Wildman–Crippen LogP) is 3.00. The van der Waals surface area contributed by atoms with E-state index < -0.39 is 16.9 Å². The summed E-state index contributed by atoms with van der Waals surface area (Å²) < 4.78 is 18.4. The van der Waals surface area contributed by atoms with E-state index in [0.717, 1.165) is 5.56 Å². The summed E-state index contributed by atoms with van der Waals surface area (Å²) in [5, 5.41) is 12.3. The van der Waals surface area contributed by atoms with Gasteiger partial charge in [0, 0.05) is 24.9 Å². The third-order valence-electron chi connectivity index (χ3n) is 4.97. The van der Waals surface area contributed by atoms with Crippen LogP contribution in [0.5, 0.6) is 0 Å². The van der Waals surface area contributed by atoms with Crippen LogP contribution in [-0.2, 0) is 14.3 Å². The Labute approximate surface area is 146 Å². The molecule has 0 spiro atoms. The van der Waals surface area contributed by atoms with Crippen molar-refractivity contribution in [1.82, 2.24) is 5.32 Å². The molecular formula is C19H24FNO4. The van der Waals surface area contributed by atoms with Crippen molar-refractivity contribution in [3.63, 3.8) is 0 Å². The fourth-order valence-electron chi connectivity index (χ4n) is 3.20. The lowest BCUT2D eigenvalue weighted by molar-refractivity contribution is -0.194. The van der Waals surface area contributed by atoms with Gasteiger partial charge in [-0.15, -0.1) is 0 Å². The Bertz CT molecular complexity index is 669. The first kappa shape index (κ1) is 19.1. The zero-order valence-corrected chi connectivity index (χ0v) is 14.7. The quantitative estimate of drug-likeness (QED) is 0.793. The molecule has 1 aliphatic rings. The third-order valence-corrected chi connectivity index (χ3v) is 4.97. The highest BCUT2D eigenvalue weighted by Crippen LogP contribution is 2.51. The number of halogens is 1. The number of rotatable bonds is 7. The van der Waals surface area contributed by atoms with Crippen molar-refractivity contribution in [2.45, 2.75) is 45.3 Å². The van der Waals surface area contributed by atoms with Crippen LogP contribution in [0.1, 0.15) is 39.2 Å². The number of amides is 1. The summed E-state index contributed by atoms with van der Waals surface area (Å²) in [6, 6.07) is 5.88. The van der Waals surface area contributed by atoms with Crippen LogP contribution in [0.4, 0.5) is 4.39 Å². The molecule has 2 atom stereocenters. The van der Waals surface area contributed by atoms with Crippen LogP contribution in [0.25, 0.3) is 6.08 Å². The summed E-state index contributed by atoms with van der Waals surface area (Å²) in [6.45, 7) is 5.94. The molecule has 0 heterocycles. The highest BCUT2D eigenvalue weighted by atomic mass is 19.1. The Morgan fingerprint density at radius 1 is 1.36 bits per heavy atom. The van der Waals surface area contributed by atoms with Gasteiger partial charge >= 0.3 is 5.97 Å². The summed E-state index contributed by atoms with van der Waals surface area (Å²) in [7, 11) is 0. The topological polar surface area (TPSA) is 75.6 Å². The number of carboxylic acids is 1. The van der Waals surface area contributed by atoms with Crippen molar-refractivity contribution in [2.24, 2.45) is 5.41 Å². The Kier molecular flexibility index (Phi) is 5.62. The van der Waals surface area contributed by atoms with Gasteiger partial charge in [-0.25, -0.2) is 9.18 Å². The predicted molar refractivity (Wildman–Crippen MR) is 92.4 cm³/mol. The molecule has 5 nitrogen and oxygen atoms in total. The SMILES string of the molecule is CCOC1CC(NC(=O)C/C=C/c2ccc(F)cc2)(C(=O)O)C1(C)C. The van der Waals surface area contributed by atoms with Crippen LogP contribution in [0.3, 0.4) is 0 Å². The zero-order valence-electron chi connectivity index (χ0n) is 14.7. The van der Waals surface area contributed by atoms with Crippen LogP contribution in [0.15, 0.2) is 30.3 Å². The lowest BCUT2D eigenvalue weighted by Crippen LogP contribution is -2.76. The number of ether oxygens (including phenoxy) is 1. The van der Waals surface area contributed by atoms with Gasteiger partial charge in [0.15, 0.2) is 0 Å². The standard InChI is InChI=1S/C19H24FNO4/c1-4-25-15-12-19(17(23)24,18(15,2)3)21-16(22)7-5-6-13-8-10-14(20)11-9-13/h5-6,8-11,15H,4,7,12H2,1-3H3,(H,21,22)(H,23,24)/b6-5+. The summed E-state index contributed by atoms with van der Waals surface area (Å²) in [6.07, 6.45) is 3.41. The second-order valence-corrected chi connectivity index (χ2v) is 6.79. The number of hydrogen-bond donors (Lipinski definition) is 2. The van der Waals surface area contributed by atoms with E-state index in [1.54, 1.807) is 38.1 Å². The molecule has 6 heteroatoms. The molecule has 25 heavy (non-hydrogen) atoms. The average molecular weight is 349 g/mol. The van der Waals surface area contributed by atoms with Crippen molar-refractivity contribution >= 4 is 18.0 Å². The van der Waals surface area contributed by atoms with Crippen molar-refractivity contribution < 1.29 is 23.8 Å². The summed E-state index contributed by atoms with van der Waals surface area (Å²) >= 11 is 0. The maximum atomic E-state index is 12.8. The third kappa shape index (κ3) is 3.74. The molecule has 1 amide bonds. The van der Waals surface area contributed by atoms with E-state index in [0.29, 0.717) is 6.61 Å². The molecule has 2 rings (SSSR count). The molecule has 0 aromatic heterocycles. The molecule has 1 aromatic rings. The fourth-order valence-corrected chi connectivity index (χ4v) is 3.20. The second kappa shape index (κ2) is 7.35. The Balaban J connectivity index is 2.00. The molecule has 0 aliphatic heterocycles. The Morgan fingerprint density at radius 2 is 2.00 bits per heavy atom. The van der Waals surface area contributed by atoms with E-state index in [1.807, 2.05) is 6.92 Å². The molecule has 1 aliphatic carbocycles. The minimum absolute atomic E-state index is 0.0434. The van der Waals surface area contributed by atoms with Crippen LogP contribution in [0.2, 0.25) is 0 Å². The molecule has 0 bridgehead atoms. The summed E-state index contributed by atoms with van der Waals surface area (Å²) in [5.74, 6) is -1.75. The van der Waals surface area contributed by atoms with Gasteiger partial charge in [0.25, 0.3) is 0 Å². The van der Waals surface area contributed by atoms with E-state index >= 15 is 0 Å². The minimum Gasteiger partial charge on any atom is -0.479 e. The summed E-state index contributed by atoms with van der Waals surface area (Å²) in [4.78, 5) is 24.0. The highest BCUT2D eigenvalue weighted by molar-refractivity contribution is 5.90. The highest BCUT2D eigenvalue weighted by Gasteiger charge is 2.66. The Hall–Kier alpha value is -2.21. The minimum atomic E-state index is -1.33. The van der Waals surface area contributed by atoms with Gasteiger partial charge in [-0.05, 0) is 24.6 Å². The van der Waals surface area contributed by atoms with Crippen molar-refractivity contribution in [3.05, 3.63) is 41.7 Å².